The van der Waals surface area contributed by atoms with Crippen molar-refractivity contribution in [2.75, 3.05) is 31.8 Å². The normalized spacial score (nSPS) is 11.0. The summed E-state index contributed by atoms with van der Waals surface area (Å²) in [5.74, 6) is -1.09. The summed E-state index contributed by atoms with van der Waals surface area (Å²) in [7, 11) is 1.44. The fraction of sp³-hybridized carbons (Fsp3) is 0.455. The maximum Gasteiger partial charge on any atom is 0.340 e. The van der Waals surface area contributed by atoms with Crippen LogP contribution in [0.2, 0.25) is 0 Å². The van der Waals surface area contributed by atoms with Crippen molar-refractivity contribution in [2.24, 2.45) is 0 Å². The first-order chi connectivity index (χ1) is 14.2. The SMILES string of the molecule is CCOC(=O)c1ccc([N+](=O)[O-])cc1N(C)C(=O)COCC=C(C)CCC=C(C)C. The van der Waals surface area contributed by atoms with Crippen molar-refractivity contribution in [3.05, 3.63) is 57.2 Å². The molecular formula is C22H30N2O6. The van der Waals surface area contributed by atoms with Gasteiger partial charge >= 0.3 is 5.97 Å². The molecule has 0 aliphatic carbocycles. The van der Waals surface area contributed by atoms with Crippen LogP contribution in [0.1, 0.15) is 50.9 Å². The van der Waals surface area contributed by atoms with Crippen molar-refractivity contribution in [3.63, 3.8) is 0 Å². The van der Waals surface area contributed by atoms with E-state index in [1.807, 2.05) is 13.0 Å². The van der Waals surface area contributed by atoms with Crippen LogP contribution in [0.3, 0.4) is 0 Å². The summed E-state index contributed by atoms with van der Waals surface area (Å²) in [6.07, 6.45) is 5.95. The van der Waals surface area contributed by atoms with Crippen LogP contribution in [-0.4, -0.2) is 43.7 Å². The molecule has 30 heavy (non-hydrogen) atoms. The number of carbonyl (C=O) groups is 2. The van der Waals surface area contributed by atoms with E-state index in [2.05, 4.69) is 19.9 Å². The minimum atomic E-state index is -0.655. The number of amides is 1. The number of carbonyl (C=O) groups excluding carboxylic acids is 2. The van der Waals surface area contributed by atoms with Gasteiger partial charge in [-0.2, -0.15) is 0 Å². The number of non-ortho nitro benzene ring substituents is 1. The number of hydrogen-bond acceptors (Lipinski definition) is 6. The van der Waals surface area contributed by atoms with Crippen LogP contribution >= 0.6 is 0 Å². The summed E-state index contributed by atoms with van der Waals surface area (Å²) in [4.78, 5) is 36.3. The van der Waals surface area contributed by atoms with Gasteiger partial charge in [-0.25, -0.2) is 4.79 Å². The second kappa shape index (κ2) is 12.5. The minimum Gasteiger partial charge on any atom is -0.462 e. The molecule has 0 aromatic heterocycles. The maximum absolute atomic E-state index is 12.5. The van der Waals surface area contributed by atoms with Crippen molar-refractivity contribution < 1.29 is 24.0 Å². The fourth-order valence-electron chi connectivity index (χ4n) is 2.56. The maximum atomic E-state index is 12.5. The van der Waals surface area contributed by atoms with Gasteiger partial charge in [0.2, 0.25) is 0 Å². The topological polar surface area (TPSA) is 99.0 Å². The Hall–Kier alpha value is -3.00. The van der Waals surface area contributed by atoms with Gasteiger partial charge in [-0.3, -0.25) is 14.9 Å². The summed E-state index contributed by atoms with van der Waals surface area (Å²) in [5, 5.41) is 11.1. The Labute approximate surface area is 177 Å². The second-order valence-electron chi connectivity index (χ2n) is 7.02. The molecule has 1 aromatic rings. The zero-order valence-corrected chi connectivity index (χ0v) is 18.3. The lowest BCUT2D eigenvalue weighted by Crippen LogP contribution is -2.31. The van der Waals surface area contributed by atoms with Crippen LogP contribution < -0.4 is 4.90 Å². The van der Waals surface area contributed by atoms with Crippen LogP contribution in [0.4, 0.5) is 11.4 Å². The lowest BCUT2D eigenvalue weighted by atomic mass is 10.1. The van der Waals surface area contributed by atoms with E-state index < -0.39 is 16.8 Å². The zero-order valence-electron chi connectivity index (χ0n) is 18.3. The molecule has 1 rings (SSSR count). The molecule has 164 valence electrons. The number of nitrogens with zero attached hydrogens (tertiary/aromatic N) is 2. The quantitative estimate of drug-likeness (QED) is 0.173. The van der Waals surface area contributed by atoms with Gasteiger partial charge in [-0.1, -0.05) is 23.3 Å². The van der Waals surface area contributed by atoms with E-state index in [-0.39, 0.29) is 36.8 Å². The predicted molar refractivity (Wildman–Crippen MR) is 116 cm³/mol. The summed E-state index contributed by atoms with van der Waals surface area (Å²) >= 11 is 0. The van der Waals surface area contributed by atoms with Crippen molar-refractivity contribution in [1.29, 1.82) is 0 Å². The Bertz CT molecular complexity index is 825. The van der Waals surface area contributed by atoms with Gasteiger partial charge in [-0.15, -0.1) is 0 Å². The van der Waals surface area contributed by atoms with Gasteiger partial charge in [0.15, 0.2) is 0 Å². The molecule has 0 N–H and O–H groups in total. The van der Waals surface area contributed by atoms with Gasteiger partial charge in [0.05, 0.1) is 29.4 Å². The molecule has 8 nitrogen and oxygen atoms in total. The summed E-state index contributed by atoms with van der Waals surface area (Å²) < 4.78 is 10.4. The standard InChI is InChI=1S/C22H30N2O6/c1-6-30-22(26)19-11-10-18(24(27)28)14-20(19)23(5)21(25)15-29-13-12-17(4)9-7-8-16(2)3/h8,10-12,14H,6-7,9,13,15H2,1-5H3. The molecule has 0 aliphatic rings. The number of rotatable bonds is 11. The summed E-state index contributed by atoms with van der Waals surface area (Å²) in [5.41, 5.74) is 2.39. The zero-order chi connectivity index (χ0) is 22.7. The number of nitro benzene ring substituents is 1. The highest BCUT2D eigenvalue weighted by molar-refractivity contribution is 6.03. The molecule has 0 saturated heterocycles. The van der Waals surface area contributed by atoms with Crippen LogP contribution in [0.25, 0.3) is 0 Å². The first-order valence-corrected chi connectivity index (χ1v) is 9.76. The molecule has 0 atom stereocenters. The number of likely N-dealkylation sites (N-methyl/N-ethyl adjacent to an activating group) is 1. The third kappa shape index (κ3) is 8.16. The number of ether oxygens (including phenoxy) is 2. The van der Waals surface area contributed by atoms with E-state index in [0.717, 1.165) is 18.4 Å². The number of esters is 1. The summed E-state index contributed by atoms with van der Waals surface area (Å²) in [6, 6.07) is 3.67. The van der Waals surface area contributed by atoms with E-state index in [1.54, 1.807) is 6.92 Å². The van der Waals surface area contributed by atoms with Crippen molar-refractivity contribution in [3.8, 4) is 0 Å². The van der Waals surface area contributed by atoms with E-state index in [0.29, 0.717) is 0 Å². The first-order valence-electron chi connectivity index (χ1n) is 9.76. The molecule has 0 unspecified atom stereocenters. The molecule has 8 heteroatoms. The molecule has 1 amide bonds. The molecule has 0 radical (unpaired) electrons. The highest BCUT2D eigenvalue weighted by Crippen LogP contribution is 2.26. The lowest BCUT2D eigenvalue weighted by molar-refractivity contribution is -0.384. The number of nitro groups is 1. The van der Waals surface area contributed by atoms with Crippen LogP contribution in [0.5, 0.6) is 0 Å². The molecular weight excluding hydrogens is 388 g/mol. The first kappa shape index (κ1) is 25.0. The van der Waals surface area contributed by atoms with Gasteiger partial charge in [-0.05, 0) is 46.6 Å². The summed E-state index contributed by atoms with van der Waals surface area (Å²) in [6.45, 7) is 7.97. The predicted octanol–water partition coefficient (Wildman–Crippen LogP) is 4.44. The fourth-order valence-corrected chi connectivity index (χ4v) is 2.56. The molecule has 0 heterocycles. The number of hydrogen-bond donors (Lipinski definition) is 0. The smallest absolute Gasteiger partial charge is 0.340 e. The largest absolute Gasteiger partial charge is 0.462 e. The lowest BCUT2D eigenvalue weighted by Gasteiger charge is -2.20. The van der Waals surface area contributed by atoms with Crippen molar-refractivity contribution >= 4 is 23.3 Å². The van der Waals surface area contributed by atoms with E-state index in [4.69, 9.17) is 9.47 Å². The van der Waals surface area contributed by atoms with Crippen LogP contribution in [0, 0.1) is 10.1 Å². The Morgan fingerprint density at radius 1 is 1.20 bits per heavy atom. The van der Waals surface area contributed by atoms with Gasteiger partial charge in [0.1, 0.15) is 6.61 Å². The molecule has 0 saturated carbocycles. The van der Waals surface area contributed by atoms with Gasteiger partial charge in [0.25, 0.3) is 11.6 Å². The average Bonchev–Trinajstić information content (AvgIpc) is 2.69. The van der Waals surface area contributed by atoms with Gasteiger partial charge in [0, 0.05) is 19.2 Å². The molecule has 1 aromatic carbocycles. The Morgan fingerprint density at radius 2 is 1.90 bits per heavy atom. The average molecular weight is 418 g/mol. The van der Waals surface area contributed by atoms with Crippen LogP contribution in [-0.2, 0) is 14.3 Å². The Kier molecular flexibility index (Phi) is 10.5. The molecule has 0 spiro atoms. The highest BCUT2D eigenvalue weighted by Gasteiger charge is 2.22. The van der Waals surface area contributed by atoms with E-state index in [1.165, 1.54) is 35.7 Å². The molecule has 0 fully saturated rings. The highest BCUT2D eigenvalue weighted by atomic mass is 16.6. The minimum absolute atomic E-state index is 0.0771. The number of benzene rings is 1. The number of allylic oxidation sites excluding steroid dienone is 3. The Balaban J connectivity index is 2.79. The van der Waals surface area contributed by atoms with Crippen LogP contribution in [0.15, 0.2) is 41.5 Å². The van der Waals surface area contributed by atoms with Gasteiger partial charge < -0.3 is 14.4 Å². The number of anilines is 1. The van der Waals surface area contributed by atoms with E-state index >= 15 is 0 Å². The third-order valence-corrected chi connectivity index (χ3v) is 4.29. The van der Waals surface area contributed by atoms with Crippen molar-refractivity contribution in [2.45, 2.75) is 40.5 Å². The van der Waals surface area contributed by atoms with E-state index in [9.17, 15) is 19.7 Å². The molecule has 0 bridgehead atoms. The molecule has 0 aliphatic heterocycles. The Morgan fingerprint density at radius 3 is 2.50 bits per heavy atom. The third-order valence-electron chi connectivity index (χ3n) is 4.29. The monoisotopic (exact) mass is 418 g/mol. The van der Waals surface area contributed by atoms with Crippen molar-refractivity contribution in [1.82, 2.24) is 0 Å². The second-order valence-corrected chi connectivity index (χ2v) is 7.02.